The van der Waals surface area contributed by atoms with Crippen molar-refractivity contribution in [3.05, 3.63) is 0 Å². The molecule has 0 aromatic heterocycles. The SMILES string of the molecule is C1CSCON1. The smallest absolute Gasteiger partial charge is 0.114 e. The Kier molecular flexibility index (Phi) is 1.80. The molecule has 0 aromatic carbocycles. The third-order valence-corrected chi connectivity index (χ3v) is 1.37. The first kappa shape index (κ1) is 4.43. The molecule has 6 heavy (non-hydrogen) atoms. The minimum Gasteiger partial charge on any atom is -0.291 e. The second-order valence-electron chi connectivity index (χ2n) is 1.06. The molecule has 1 heterocycles. The van der Waals surface area contributed by atoms with Crippen LogP contribution < -0.4 is 5.48 Å². The Hall–Kier alpha value is 0.270. The summed E-state index contributed by atoms with van der Waals surface area (Å²) in [4.78, 5) is 4.78. The lowest BCUT2D eigenvalue weighted by Crippen LogP contribution is -2.22. The van der Waals surface area contributed by atoms with Crippen molar-refractivity contribution in [1.29, 1.82) is 0 Å². The van der Waals surface area contributed by atoms with Crippen LogP contribution in [0.1, 0.15) is 0 Å². The van der Waals surface area contributed by atoms with E-state index in [1.54, 1.807) is 0 Å². The number of hydrogen-bond acceptors (Lipinski definition) is 3. The maximum atomic E-state index is 4.78. The zero-order chi connectivity index (χ0) is 4.24. The van der Waals surface area contributed by atoms with E-state index in [1.165, 1.54) is 5.75 Å². The summed E-state index contributed by atoms with van der Waals surface area (Å²) in [7, 11) is 0. The number of hydroxylamine groups is 1. The van der Waals surface area contributed by atoms with Crippen LogP contribution in [0.4, 0.5) is 0 Å². The monoisotopic (exact) mass is 105 g/mol. The Morgan fingerprint density at radius 1 is 1.67 bits per heavy atom. The Bertz CT molecular complexity index is 26.3. The molecule has 0 atom stereocenters. The predicted molar refractivity (Wildman–Crippen MR) is 26.4 cm³/mol. The van der Waals surface area contributed by atoms with Crippen molar-refractivity contribution in [2.75, 3.05) is 18.2 Å². The topological polar surface area (TPSA) is 21.3 Å². The molecule has 1 saturated heterocycles. The molecule has 0 radical (unpaired) electrons. The van der Waals surface area contributed by atoms with Gasteiger partial charge in [0.05, 0.1) is 0 Å². The minimum atomic E-state index is 0.806. The summed E-state index contributed by atoms with van der Waals surface area (Å²) >= 11 is 1.81. The van der Waals surface area contributed by atoms with E-state index in [9.17, 15) is 0 Å². The second-order valence-corrected chi connectivity index (χ2v) is 2.12. The van der Waals surface area contributed by atoms with E-state index in [2.05, 4.69) is 5.48 Å². The van der Waals surface area contributed by atoms with Gasteiger partial charge in [0.1, 0.15) is 5.94 Å². The van der Waals surface area contributed by atoms with Crippen LogP contribution in [0.15, 0.2) is 0 Å². The van der Waals surface area contributed by atoms with E-state index < -0.39 is 0 Å². The van der Waals surface area contributed by atoms with Crippen LogP contribution in [0.25, 0.3) is 0 Å². The maximum absolute atomic E-state index is 4.78. The first-order chi connectivity index (χ1) is 3.00. The van der Waals surface area contributed by atoms with E-state index in [0.717, 1.165) is 12.5 Å². The molecule has 0 aromatic rings. The van der Waals surface area contributed by atoms with Crippen LogP contribution in [0.2, 0.25) is 0 Å². The lowest BCUT2D eigenvalue weighted by Gasteiger charge is -2.09. The van der Waals surface area contributed by atoms with Crippen molar-refractivity contribution >= 4 is 11.8 Å². The van der Waals surface area contributed by atoms with Gasteiger partial charge >= 0.3 is 0 Å². The van der Waals surface area contributed by atoms with Crippen LogP contribution in [-0.2, 0) is 4.84 Å². The fraction of sp³-hybridized carbons (Fsp3) is 1.00. The average molecular weight is 105 g/mol. The molecule has 1 N–H and O–H groups in total. The molecule has 1 fully saturated rings. The van der Waals surface area contributed by atoms with Crippen LogP contribution in [0.5, 0.6) is 0 Å². The van der Waals surface area contributed by atoms with Crippen molar-refractivity contribution in [2.24, 2.45) is 0 Å². The molecule has 36 valence electrons. The van der Waals surface area contributed by atoms with Crippen LogP contribution in [0, 0.1) is 0 Å². The van der Waals surface area contributed by atoms with Gasteiger partial charge in [0.15, 0.2) is 0 Å². The first-order valence-corrected chi connectivity index (χ1v) is 3.08. The van der Waals surface area contributed by atoms with Gasteiger partial charge in [-0.1, -0.05) is 0 Å². The van der Waals surface area contributed by atoms with Gasteiger partial charge in [-0.3, -0.25) is 4.84 Å². The molecule has 0 aliphatic carbocycles. The lowest BCUT2D eigenvalue weighted by atomic mass is 10.8. The number of nitrogens with one attached hydrogen (secondary N) is 1. The van der Waals surface area contributed by atoms with Crippen molar-refractivity contribution in [2.45, 2.75) is 0 Å². The van der Waals surface area contributed by atoms with E-state index in [-0.39, 0.29) is 0 Å². The number of hydrogen-bond donors (Lipinski definition) is 1. The summed E-state index contributed by atoms with van der Waals surface area (Å²) in [5.74, 6) is 1.99. The summed E-state index contributed by atoms with van der Waals surface area (Å²) < 4.78 is 0. The number of rotatable bonds is 0. The highest BCUT2D eigenvalue weighted by Gasteiger charge is 1.93. The van der Waals surface area contributed by atoms with E-state index in [0.29, 0.717) is 0 Å². The summed E-state index contributed by atoms with van der Waals surface area (Å²) in [6, 6.07) is 0. The fourth-order valence-electron chi connectivity index (χ4n) is 0.328. The van der Waals surface area contributed by atoms with Gasteiger partial charge in [-0.05, 0) is 0 Å². The molecule has 2 nitrogen and oxygen atoms in total. The zero-order valence-corrected chi connectivity index (χ0v) is 4.25. The Morgan fingerprint density at radius 2 is 2.67 bits per heavy atom. The Labute approximate surface area is 41.2 Å². The van der Waals surface area contributed by atoms with Crippen molar-refractivity contribution in [3.8, 4) is 0 Å². The number of thioether (sulfide) groups is 1. The van der Waals surface area contributed by atoms with Gasteiger partial charge < -0.3 is 0 Å². The highest BCUT2D eigenvalue weighted by Crippen LogP contribution is 2.00. The van der Waals surface area contributed by atoms with E-state index in [1.807, 2.05) is 11.8 Å². The second kappa shape index (κ2) is 2.44. The third-order valence-electron chi connectivity index (χ3n) is 0.593. The standard InChI is InChI=1S/C3H7NOS/c1-2-6-3-5-4-1/h4H,1-3H2. The van der Waals surface area contributed by atoms with Gasteiger partial charge in [-0.2, -0.15) is 0 Å². The molecule has 1 aliphatic rings. The zero-order valence-electron chi connectivity index (χ0n) is 3.44. The molecule has 0 spiro atoms. The fourth-order valence-corrected chi connectivity index (χ4v) is 0.840. The molecule has 1 rings (SSSR count). The summed E-state index contributed by atoms with van der Waals surface area (Å²) in [5.41, 5.74) is 2.76. The largest absolute Gasteiger partial charge is 0.291 e. The molecule has 0 unspecified atom stereocenters. The van der Waals surface area contributed by atoms with Crippen molar-refractivity contribution < 1.29 is 4.84 Å². The summed E-state index contributed by atoms with van der Waals surface area (Å²) in [6.45, 7) is 0.991. The summed E-state index contributed by atoms with van der Waals surface area (Å²) in [6.07, 6.45) is 0. The molecule has 1 aliphatic heterocycles. The van der Waals surface area contributed by atoms with Crippen LogP contribution in [0.3, 0.4) is 0 Å². The van der Waals surface area contributed by atoms with E-state index in [4.69, 9.17) is 4.84 Å². The minimum absolute atomic E-state index is 0.806. The normalized spacial score (nSPS) is 24.0. The van der Waals surface area contributed by atoms with Gasteiger partial charge in [0.25, 0.3) is 0 Å². The highest BCUT2D eigenvalue weighted by atomic mass is 32.2. The summed E-state index contributed by atoms with van der Waals surface area (Å²) in [5, 5.41) is 0. The Morgan fingerprint density at radius 3 is 2.83 bits per heavy atom. The highest BCUT2D eigenvalue weighted by molar-refractivity contribution is 7.99. The molecule has 0 saturated carbocycles. The van der Waals surface area contributed by atoms with Crippen molar-refractivity contribution in [1.82, 2.24) is 5.48 Å². The molecular weight excluding hydrogens is 98.1 g/mol. The molecule has 3 heteroatoms. The Balaban J connectivity index is 2.00. The van der Waals surface area contributed by atoms with Gasteiger partial charge in [-0.15, -0.1) is 11.8 Å². The molecule has 0 amide bonds. The van der Waals surface area contributed by atoms with Crippen molar-refractivity contribution in [3.63, 3.8) is 0 Å². The maximum Gasteiger partial charge on any atom is 0.114 e. The van der Waals surface area contributed by atoms with Gasteiger partial charge in [0.2, 0.25) is 0 Å². The third kappa shape index (κ3) is 1.16. The predicted octanol–water partition coefficient (Wildman–Crippen LogP) is 0.212. The average Bonchev–Trinajstić information content (AvgIpc) is 1.72. The van der Waals surface area contributed by atoms with Gasteiger partial charge in [0, 0.05) is 12.3 Å². The van der Waals surface area contributed by atoms with Gasteiger partial charge in [-0.25, -0.2) is 5.48 Å². The first-order valence-electron chi connectivity index (χ1n) is 1.92. The van der Waals surface area contributed by atoms with Crippen LogP contribution >= 0.6 is 11.8 Å². The van der Waals surface area contributed by atoms with Crippen LogP contribution in [-0.4, -0.2) is 18.2 Å². The quantitative estimate of drug-likeness (QED) is 0.476. The van der Waals surface area contributed by atoms with E-state index >= 15 is 0 Å². The molecular formula is C3H7NOS. The lowest BCUT2D eigenvalue weighted by molar-refractivity contribution is 0.0771. The molecule has 0 bridgehead atoms.